The summed E-state index contributed by atoms with van der Waals surface area (Å²) in [5, 5.41) is 4.75. The highest BCUT2D eigenvalue weighted by Crippen LogP contribution is 2.27. The van der Waals surface area contributed by atoms with Crippen molar-refractivity contribution in [2.45, 2.75) is 19.3 Å². The molecule has 0 radical (unpaired) electrons. The first-order valence-corrected chi connectivity index (χ1v) is 7.04. The highest BCUT2D eigenvalue weighted by molar-refractivity contribution is 5.83. The van der Waals surface area contributed by atoms with Gasteiger partial charge in [0.15, 0.2) is 0 Å². The Bertz CT molecular complexity index is 673. The summed E-state index contributed by atoms with van der Waals surface area (Å²) in [6.07, 6.45) is 6.88. The van der Waals surface area contributed by atoms with Crippen LogP contribution in [0.3, 0.4) is 0 Å². The smallest absolute Gasteiger partial charge is 0.0526 e. The molecule has 2 aromatic heterocycles. The first-order valence-electron chi connectivity index (χ1n) is 7.04. The number of nitrogens with one attached hydrogen (secondary N) is 2. The molecule has 1 aromatic carbocycles. The maximum Gasteiger partial charge on any atom is 0.0526 e. The van der Waals surface area contributed by atoms with Gasteiger partial charge in [0.25, 0.3) is 0 Å². The van der Waals surface area contributed by atoms with E-state index in [0.717, 1.165) is 18.7 Å². The topological polar surface area (TPSA) is 40.7 Å². The molecule has 0 aliphatic heterocycles. The number of fused-ring (bicyclic) bond motifs is 1. The standard InChI is InChI=1S/C17H19N3/c1-13(8-10-19-14-5-4-9-18-11-14)16-12-20-17-7-3-2-6-15(16)17/h2-7,9,11-13,19-20H,8,10H2,1H3. The first kappa shape index (κ1) is 12.7. The zero-order valence-corrected chi connectivity index (χ0v) is 11.6. The van der Waals surface area contributed by atoms with Gasteiger partial charge in [0.1, 0.15) is 0 Å². The zero-order valence-electron chi connectivity index (χ0n) is 11.6. The summed E-state index contributed by atoms with van der Waals surface area (Å²) in [7, 11) is 0. The van der Waals surface area contributed by atoms with Crippen molar-refractivity contribution in [3.63, 3.8) is 0 Å². The Morgan fingerprint density at radius 3 is 2.95 bits per heavy atom. The molecule has 0 saturated carbocycles. The van der Waals surface area contributed by atoms with Crippen LogP contribution in [0, 0.1) is 0 Å². The van der Waals surface area contributed by atoms with Gasteiger partial charge in [-0.3, -0.25) is 4.98 Å². The van der Waals surface area contributed by atoms with Crippen LogP contribution in [0.25, 0.3) is 10.9 Å². The third-order valence-electron chi connectivity index (χ3n) is 3.72. The van der Waals surface area contributed by atoms with Crippen molar-refractivity contribution < 1.29 is 0 Å². The number of pyridine rings is 1. The van der Waals surface area contributed by atoms with E-state index in [4.69, 9.17) is 0 Å². The van der Waals surface area contributed by atoms with Crippen LogP contribution >= 0.6 is 0 Å². The van der Waals surface area contributed by atoms with Crippen LogP contribution in [-0.4, -0.2) is 16.5 Å². The minimum atomic E-state index is 0.523. The summed E-state index contributed by atoms with van der Waals surface area (Å²) in [5.74, 6) is 0.523. The van der Waals surface area contributed by atoms with Gasteiger partial charge in [-0.15, -0.1) is 0 Å². The van der Waals surface area contributed by atoms with Gasteiger partial charge < -0.3 is 10.3 Å². The number of aromatic amines is 1. The molecule has 20 heavy (non-hydrogen) atoms. The summed E-state index contributed by atoms with van der Waals surface area (Å²) in [6.45, 7) is 3.23. The van der Waals surface area contributed by atoms with Crippen molar-refractivity contribution in [2.24, 2.45) is 0 Å². The lowest BCUT2D eigenvalue weighted by Crippen LogP contribution is -2.05. The summed E-state index contributed by atoms with van der Waals surface area (Å²) in [4.78, 5) is 7.45. The normalized spacial score (nSPS) is 12.4. The van der Waals surface area contributed by atoms with Crippen LogP contribution in [0.15, 0.2) is 55.0 Å². The zero-order chi connectivity index (χ0) is 13.8. The molecule has 3 nitrogen and oxygen atoms in total. The molecule has 1 unspecified atom stereocenters. The Labute approximate surface area is 119 Å². The second kappa shape index (κ2) is 5.78. The second-order valence-electron chi connectivity index (χ2n) is 5.15. The molecule has 0 fully saturated rings. The lowest BCUT2D eigenvalue weighted by Gasteiger charge is -2.12. The number of rotatable bonds is 5. The van der Waals surface area contributed by atoms with Crippen molar-refractivity contribution in [2.75, 3.05) is 11.9 Å². The molecule has 2 N–H and O–H groups in total. The predicted molar refractivity (Wildman–Crippen MR) is 84.1 cm³/mol. The highest BCUT2D eigenvalue weighted by atomic mass is 14.9. The van der Waals surface area contributed by atoms with Gasteiger partial charge in [0.2, 0.25) is 0 Å². The molecule has 3 aromatic rings. The predicted octanol–water partition coefficient (Wildman–Crippen LogP) is 4.17. The van der Waals surface area contributed by atoms with Gasteiger partial charge in [-0.1, -0.05) is 25.1 Å². The molecule has 0 amide bonds. The van der Waals surface area contributed by atoms with E-state index in [1.807, 2.05) is 18.3 Å². The quantitative estimate of drug-likeness (QED) is 0.727. The van der Waals surface area contributed by atoms with Crippen molar-refractivity contribution in [1.82, 2.24) is 9.97 Å². The molecule has 0 aliphatic rings. The van der Waals surface area contributed by atoms with Crippen molar-refractivity contribution >= 4 is 16.6 Å². The first-order chi connectivity index (χ1) is 9.84. The van der Waals surface area contributed by atoms with Crippen LogP contribution in [-0.2, 0) is 0 Å². The maximum absolute atomic E-state index is 4.11. The molecule has 0 spiro atoms. The molecule has 3 rings (SSSR count). The fourth-order valence-corrected chi connectivity index (χ4v) is 2.56. The summed E-state index contributed by atoms with van der Waals surface area (Å²) >= 11 is 0. The van der Waals surface area contributed by atoms with Gasteiger partial charge >= 0.3 is 0 Å². The fourth-order valence-electron chi connectivity index (χ4n) is 2.56. The lowest BCUT2D eigenvalue weighted by molar-refractivity contribution is 0.711. The molecular formula is C17H19N3. The van der Waals surface area contributed by atoms with Crippen molar-refractivity contribution in [3.8, 4) is 0 Å². The van der Waals surface area contributed by atoms with Crippen LogP contribution < -0.4 is 5.32 Å². The van der Waals surface area contributed by atoms with E-state index in [0.29, 0.717) is 5.92 Å². The van der Waals surface area contributed by atoms with Crippen LogP contribution in [0.5, 0.6) is 0 Å². The third-order valence-corrected chi connectivity index (χ3v) is 3.72. The minimum absolute atomic E-state index is 0.523. The molecule has 0 bridgehead atoms. The van der Waals surface area contributed by atoms with E-state index in [-0.39, 0.29) is 0 Å². The fraction of sp³-hybridized carbons (Fsp3) is 0.235. The Kier molecular flexibility index (Phi) is 3.68. The van der Waals surface area contributed by atoms with Crippen LogP contribution in [0.2, 0.25) is 0 Å². The molecule has 102 valence electrons. The van der Waals surface area contributed by atoms with Crippen LogP contribution in [0.4, 0.5) is 5.69 Å². The van der Waals surface area contributed by atoms with Gasteiger partial charge in [-0.25, -0.2) is 0 Å². The molecule has 0 saturated heterocycles. The number of anilines is 1. The summed E-state index contributed by atoms with van der Waals surface area (Å²) in [5.41, 5.74) is 3.70. The van der Waals surface area contributed by atoms with Crippen LogP contribution in [0.1, 0.15) is 24.8 Å². The monoisotopic (exact) mass is 265 g/mol. The average molecular weight is 265 g/mol. The number of hydrogen-bond donors (Lipinski definition) is 2. The van der Waals surface area contributed by atoms with E-state index < -0.39 is 0 Å². The van der Waals surface area contributed by atoms with E-state index in [2.05, 4.69) is 52.7 Å². The Morgan fingerprint density at radius 1 is 1.20 bits per heavy atom. The van der Waals surface area contributed by atoms with Gasteiger partial charge in [-0.2, -0.15) is 0 Å². The Balaban J connectivity index is 1.63. The molecular weight excluding hydrogens is 246 g/mol. The van der Waals surface area contributed by atoms with Crippen molar-refractivity contribution in [1.29, 1.82) is 0 Å². The van der Waals surface area contributed by atoms with Crippen molar-refractivity contribution in [3.05, 3.63) is 60.6 Å². The minimum Gasteiger partial charge on any atom is -0.384 e. The van der Waals surface area contributed by atoms with E-state index in [9.17, 15) is 0 Å². The number of aromatic nitrogens is 2. The maximum atomic E-state index is 4.11. The van der Waals surface area contributed by atoms with E-state index in [1.54, 1.807) is 6.20 Å². The number of H-pyrrole nitrogens is 1. The number of hydrogen-bond acceptors (Lipinski definition) is 2. The highest BCUT2D eigenvalue weighted by Gasteiger charge is 2.10. The lowest BCUT2D eigenvalue weighted by atomic mass is 9.97. The van der Waals surface area contributed by atoms with Gasteiger partial charge in [0.05, 0.1) is 5.69 Å². The number of para-hydroxylation sites is 1. The molecule has 3 heteroatoms. The molecule has 1 atom stereocenters. The average Bonchev–Trinajstić information content (AvgIpc) is 2.92. The Morgan fingerprint density at radius 2 is 2.10 bits per heavy atom. The summed E-state index contributed by atoms with van der Waals surface area (Å²) < 4.78 is 0. The third kappa shape index (κ3) is 2.67. The van der Waals surface area contributed by atoms with E-state index in [1.165, 1.54) is 16.5 Å². The molecule has 2 heterocycles. The Hall–Kier alpha value is -2.29. The molecule has 0 aliphatic carbocycles. The largest absolute Gasteiger partial charge is 0.384 e. The summed E-state index contributed by atoms with van der Waals surface area (Å²) in [6, 6.07) is 12.5. The SMILES string of the molecule is CC(CCNc1cccnc1)c1c[nH]c2ccccc12. The number of benzene rings is 1. The van der Waals surface area contributed by atoms with Gasteiger partial charge in [0, 0.05) is 36.0 Å². The van der Waals surface area contributed by atoms with Gasteiger partial charge in [-0.05, 0) is 36.1 Å². The van der Waals surface area contributed by atoms with E-state index >= 15 is 0 Å². The number of nitrogens with zero attached hydrogens (tertiary/aromatic N) is 1. The second-order valence-corrected chi connectivity index (χ2v) is 5.15.